The fourth-order valence-corrected chi connectivity index (χ4v) is 3.93. The largest absolute Gasteiger partial charge is 0.416 e. The molecule has 1 amide bonds. The number of carbonyl (C=O) groups is 1. The molecule has 2 aromatic carbocycles. The van der Waals surface area contributed by atoms with Crippen LogP contribution in [0.5, 0.6) is 0 Å². The van der Waals surface area contributed by atoms with E-state index < -0.39 is 17.8 Å². The second kappa shape index (κ2) is 8.60. The van der Waals surface area contributed by atoms with E-state index in [4.69, 9.17) is 0 Å². The summed E-state index contributed by atoms with van der Waals surface area (Å²) in [7, 11) is 0. The third kappa shape index (κ3) is 4.17. The Morgan fingerprint density at radius 2 is 1.78 bits per heavy atom. The minimum Gasteiger partial charge on any atom is -0.368 e. The van der Waals surface area contributed by atoms with Crippen LogP contribution in [0.1, 0.15) is 24.9 Å². The van der Waals surface area contributed by atoms with Crippen LogP contribution in [0.25, 0.3) is 10.9 Å². The third-order valence-corrected chi connectivity index (χ3v) is 5.69. The fraction of sp³-hybridized carbons (Fsp3) is 0.364. The Kier molecular flexibility index (Phi) is 5.86. The van der Waals surface area contributed by atoms with Gasteiger partial charge >= 0.3 is 6.18 Å². The number of amides is 1. The van der Waals surface area contributed by atoms with Crippen molar-refractivity contribution in [2.75, 3.05) is 31.1 Å². The summed E-state index contributed by atoms with van der Waals surface area (Å²) in [5.41, 5.74) is -0.145. The van der Waals surface area contributed by atoms with Gasteiger partial charge in [-0.25, -0.2) is 0 Å². The number of hydrogen-bond donors (Lipinski definition) is 0. The predicted molar refractivity (Wildman–Crippen MR) is 113 cm³/mol. The summed E-state index contributed by atoms with van der Waals surface area (Å²) in [5, 5.41) is 8.43. The highest BCUT2D eigenvalue weighted by Crippen LogP contribution is 2.32. The zero-order valence-electron chi connectivity index (χ0n) is 17.4. The van der Waals surface area contributed by atoms with Crippen molar-refractivity contribution in [1.82, 2.24) is 19.9 Å². The monoisotopic (exact) mass is 445 g/mol. The summed E-state index contributed by atoms with van der Waals surface area (Å²) >= 11 is 0. The number of hydrogen-bond acceptors (Lipinski definition) is 5. The predicted octanol–water partition coefficient (Wildman–Crippen LogP) is 3.11. The topological polar surface area (TPSA) is 71.3 Å². The molecule has 168 valence electrons. The molecule has 1 aromatic heterocycles. The van der Waals surface area contributed by atoms with E-state index in [2.05, 4.69) is 10.3 Å². The molecule has 1 saturated heterocycles. The molecule has 0 unspecified atom stereocenters. The Labute approximate surface area is 182 Å². The van der Waals surface area contributed by atoms with Crippen molar-refractivity contribution in [3.63, 3.8) is 0 Å². The number of aromatic nitrogens is 3. The van der Waals surface area contributed by atoms with Gasteiger partial charge in [-0.1, -0.05) is 30.3 Å². The summed E-state index contributed by atoms with van der Waals surface area (Å²) in [4.78, 5) is 29.5. The number of fused-ring (bicyclic) bond motifs is 1. The van der Waals surface area contributed by atoms with Crippen molar-refractivity contribution in [2.45, 2.75) is 25.6 Å². The lowest BCUT2D eigenvalue weighted by atomic mass is 10.1. The van der Waals surface area contributed by atoms with Crippen LogP contribution in [0.2, 0.25) is 0 Å². The molecule has 7 nitrogen and oxygen atoms in total. The fourth-order valence-electron chi connectivity index (χ4n) is 3.93. The first-order valence-corrected chi connectivity index (χ1v) is 10.3. The van der Waals surface area contributed by atoms with E-state index in [1.807, 2.05) is 4.90 Å². The molecule has 1 aliphatic rings. The molecule has 32 heavy (non-hydrogen) atoms. The van der Waals surface area contributed by atoms with Crippen LogP contribution in [0, 0.1) is 0 Å². The minimum absolute atomic E-state index is 0.247. The first-order valence-electron chi connectivity index (χ1n) is 10.3. The maximum atomic E-state index is 13.2. The molecule has 0 saturated carbocycles. The molecule has 0 radical (unpaired) electrons. The summed E-state index contributed by atoms with van der Waals surface area (Å²) in [6.45, 7) is 3.25. The van der Waals surface area contributed by atoms with Crippen LogP contribution in [0.3, 0.4) is 0 Å². The van der Waals surface area contributed by atoms with Gasteiger partial charge in [-0.15, -0.1) is 5.10 Å². The summed E-state index contributed by atoms with van der Waals surface area (Å²) < 4.78 is 40.2. The van der Waals surface area contributed by atoms with E-state index in [1.165, 1.54) is 6.07 Å². The van der Waals surface area contributed by atoms with Crippen LogP contribution in [0.15, 0.2) is 53.3 Å². The van der Waals surface area contributed by atoms with Gasteiger partial charge in [-0.2, -0.15) is 17.9 Å². The molecule has 4 rings (SSSR count). The zero-order valence-corrected chi connectivity index (χ0v) is 17.4. The van der Waals surface area contributed by atoms with E-state index in [-0.39, 0.29) is 11.5 Å². The minimum atomic E-state index is -4.41. The van der Waals surface area contributed by atoms with Gasteiger partial charge in [-0.05, 0) is 36.8 Å². The standard InChI is InChI=1S/C22H22F3N5O2/c1-2-19(30-20(31)17-8-3-4-9-18(17)26-27-30)21(32)29-12-10-28(11-13-29)16-7-5-6-15(14-16)22(23,24)25/h3-9,14,19H,2,10-13H2,1H3/t19-/m1/s1. The number of carbonyl (C=O) groups excluding carboxylic acids is 1. The van der Waals surface area contributed by atoms with E-state index in [0.29, 0.717) is 49.2 Å². The molecular weight excluding hydrogens is 423 g/mol. The maximum absolute atomic E-state index is 13.2. The van der Waals surface area contributed by atoms with Crippen LogP contribution in [-0.2, 0) is 11.0 Å². The van der Waals surface area contributed by atoms with Crippen LogP contribution in [0.4, 0.5) is 18.9 Å². The first-order chi connectivity index (χ1) is 15.3. The van der Waals surface area contributed by atoms with Gasteiger partial charge in [0.2, 0.25) is 5.91 Å². The number of halogens is 3. The lowest BCUT2D eigenvalue weighted by molar-refractivity contribution is -0.137. The molecule has 0 spiro atoms. The third-order valence-electron chi connectivity index (χ3n) is 5.69. The van der Waals surface area contributed by atoms with Gasteiger partial charge in [0.15, 0.2) is 0 Å². The van der Waals surface area contributed by atoms with E-state index in [1.54, 1.807) is 42.2 Å². The number of anilines is 1. The summed E-state index contributed by atoms with van der Waals surface area (Å²) in [6, 6.07) is 11.2. The Morgan fingerprint density at radius 3 is 2.47 bits per heavy atom. The van der Waals surface area contributed by atoms with Crippen molar-refractivity contribution in [3.8, 4) is 0 Å². The van der Waals surface area contributed by atoms with E-state index in [9.17, 15) is 22.8 Å². The molecule has 1 aliphatic heterocycles. The van der Waals surface area contributed by atoms with Gasteiger partial charge in [-0.3, -0.25) is 9.59 Å². The lowest BCUT2D eigenvalue weighted by Crippen LogP contribution is -2.51. The first kappa shape index (κ1) is 21.8. The average molecular weight is 445 g/mol. The van der Waals surface area contributed by atoms with E-state index in [0.717, 1.165) is 16.8 Å². The van der Waals surface area contributed by atoms with Gasteiger partial charge in [0, 0.05) is 31.9 Å². The van der Waals surface area contributed by atoms with Crippen LogP contribution < -0.4 is 10.5 Å². The Morgan fingerprint density at radius 1 is 1.06 bits per heavy atom. The summed E-state index contributed by atoms with van der Waals surface area (Å²) in [5.74, 6) is -0.247. The van der Waals surface area contributed by atoms with Crippen molar-refractivity contribution in [3.05, 3.63) is 64.4 Å². The molecule has 0 N–H and O–H groups in total. The SMILES string of the molecule is CC[C@H](C(=O)N1CCN(c2cccc(C(F)(F)F)c2)CC1)n1nnc2ccccc2c1=O. The van der Waals surface area contributed by atoms with Crippen molar-refractivity contribution in [2.24, 2.45) is 0 Å². The molecule has 0 aliphatic carbocycles. The van der Waals surface area contributed by atoms with Crippen LogP contribution >= 0.6 is 0 Å². The number of nitrogens with zero attached hydrogens (tertiary/aromatic N) is 5. The highest BCUT2D eigenvalue weighted by Gasteiger charge is 2.32. The Balaban J connectivity index is 1.49. The highest BCUT2D eigenvalue weighted by atomic mass is 19.4. The number of benzene rings is 2. The number of piperazine rings is 1. The van der Waals surface area contributed by atoms with Gasteiger partial charge < -0.3 is 9.80 Å². The molecule has 10 heteroatoms. The van der Waals surface area contributed by atoms with Gasteiger partial charge in [0.25, 0.3) is 5.56 Å². The average Bonchev–Trinajstić information content (AvgIpc) is 2.80. The van der Waals surface area contributed by atoms with Crippen LogP contribution in [-0.4, -0.2) is 52.0 Å². The molecular formula is C22H22F3N5O2. The second-order valence-electron chi connectivity index (χ2n) is 7.64. The smallest absolute Gasteiger partial charge is 0.368 e. The van der Waals surface area contributed by atoms with Crippen molar-refractivity contribution < 1.29 is 18.0 Å². The molecule has 1 atom stereocenters. The number of alkyl halides is 3. The maximum Gasteiger partial charge on any atom is 0.416 e. The normalized spacial score (nSPS) is 15.8. The van der Waals surface area contributed by atoms with E-state index >= 15 is 0 Å². The lowest BCUT2D eigenvalue weighted by Gasteiger charge is -2.37. The number of rotatable bonds is 4. The Bertz CT molecular complexity index is 1190. The molecule has 0 bridgehead atoms. The van der Waals surface area contributed by atoms with Crippen molar-refractivity contribution >= 4 is 22.5 Å². The highest BCUT2D eigenvalue weighted by molar-refractivity contribution is 5.81. The second-order valence-corrected chi connectivity index (χ2v) is 7.64. The molecule has 3 aromatic rings. The van der Waals surface area contributed by atoms with Crippen molar-refractivity contribution in [1.29, 1.82) is 0 Å². The molecule has 1 fully saturated rings. The zero-order chi connectivity index (χ0) is 22.9. The Hall–Kier alpha value is -3.43. The molecule has 2 heterocycles. The summed E-state index contributed by atoms with van der Waals surface area (Å²) in [6.07, 6.45) is -4.05. The van der Waals surface area contributed by atoms with Gasteiger partial charge in [0.1, 0.15) is 11.6 Å². The van der Waals surface area contributed by atoms with Gasteiger partial charge in [0.05, 0.1) is 10.9 Å². The quantitative estimate of drug-likeness (QED) is 0.617.